The van der Waals surface area contributed by atoms with Gasteiger partial charge in [-0.2, -0.15) is 0 Å². The van der Waals surface area contributed by atoms with Crippen LogP contribution in [0.5, 0.6) is 5.75 Å². The Morgan fingerprint density at radius 2 is 2.08 bits per heavy atom. The molecule has 0 spiro atoms. The Bertz CT molecular complexity index is 1000. The first-order valence-corrected chi connectivity index (χ1v) is 7.72. The monoisotopic (exact) mass is 333 g/mol. The molecule has 1 aromatic carbocycles. The van der Waals surface area contributed by atoms with Crippen LogP contribution in [0.15, 0.2) is 66.5 Å². The number of H-pyrrole nitrogens is 1. The predicted octanol–water partition coefficient (Wildman–Crippen LogP) is 3.47. The highest BCUT2D eigenvalue weighted by Crippen LogP contribution is 2.25. The van der Waals surface area contributed by atoms with E-state index < -0.39 is 0 Å². The molecule has 2 N–H and O–H groups in total. The van der Waals surface area contributed by atoms with Gasteiger partial charge in [-0.1, -0.05) is 0 Å². The van der Waals surface area contributed by atoms with Crippen molar-refractivity contribution < 1.29 is 14.3 Å². The lowest BCUT2D eigenvalue weighted by Gasteiger charge is -2.08. The molecule has 6 nitrogen and oxygen atoms in total. The molecule has 2 aromatic heterocycles. The van der Waals surface area contributed by atoms with E-state index in [4.69, 9.17) is 9.47 Å². The number of nitrogens with zero attached hydrogens (tertiary/aromatic N) is 1. The summed E-state index contributed by atoms with van der Waals surface area (Å²) in [5, 5.41) is 4.00. The summed E-state index contributed by atoms with van der Waals surface area (Å²) in [6.45, 7) is 0. The molecular weight excluding hydrogens is 318 g/mol. The minimum absolute atomic E-state index is 0.186. The summed E-state index contributed by atoms with van der Waals surface area (Å²) >= 11 is 0. The van der Waals surface area contributed by atoms with Gasteiger partial charge in [0.15, 0.2) is 5.76 Å². The Morgan fingerprint density at radius 1 is 1.24 bits per heavy atom. The van der Waals surface area contributed by atoms with Crippen LogP contribution in [0.1, 0.15) is 5.56 Å². The van der Waals surface area contributed by atoms with Crippen LogP contribution in [0.3, 0.4) is 0 Å². The van der Waals surface area contributed by atoms with Gasteiger partial charge in [0, 0.05) is 29.0 Å². The number of carbonyl (C=O) groups is 1. The molecule has 6 heteroatoms. The van der Waals surface area contributed by atoms with Crippen LogP contribution in [0.4, 0.5) is 5.69 Å². The summed E-state index contributed by atoms with van der Waals surface area (Å²) in [6, 6.07) is 11.1. The fourth-order valence-electron chi connectivity index (χ4n) is 2.60. The van der Waals surface area contributed by atoms with Crippen LogP contribution in [0, 0.1) is 0 Å². The Hall–Kier alpha value is -3.54. The second-order valence-corrected chi connectivity index (χ2v) is 5.48. The molecule has 0 atom stereocenters. The van der Waals surface area contributed by atoms with Crippen LogP contribution >= 0.6 is 0 Å². The van der Waals surface area contributed by atoms with Gasteiger partial charge in [-0.05, 0) is 42.5 Å². The first-order chi connectivity index (χ1) is 12.2. The molecule has 0 saturated carbocycles. The summed E-state index contributed by atoms with van der Waals surface area (Å²) in [4.78, 5) is 19.5. The van der Waals surface area contributed by atoms with Gasteiger partial charge in [-0.15, -0.1) is 0 Å². The first-order valence-electron chi connectivity index (χ1n) is 7.72. The average Bonchev–Trinajstić information content (AvgIpc) is 3.20. The third-order valence-electron chi connectivity index (χ3n) is 3.85. The molecule has 0 aliphatic carbocycles. The molecular formula is C19H15N3O3. The van der Waals surface area contributed by atoms with Crippen molar-refractivity contribution in [3.8, 4) is 5.75 Å². The van der Waals surface area contributed by atoms with Crippen molar-refractivity contribution in [3.05, 3.63) is 72.1 Å². The van der Waals surface area contributed by atoms with E-state index in [-0.39, 0.29) is 11.5 Å². The number of methoxy groups -OCH3 is 1. The normalized spacial score (nSPS) is 15.3. The molecule has 25 heavy (non-hydrogen) atoms. The van der Waals surface area contributed by atoms with Gasteiger partial charge in [0.1, 0.15) is 11.4 Å². The minimum atomic E-state index is -0.186. The zero-order valence-electron chi connectivity index (χ0n) is 13.4. The summed E-state index contributed by atoms with van der Waals surface area (Å²) in [6.07, 6.45) is 6.66. The van der Waals surface area contributed by atoms with E-state index in [1.165, 1.54) is 6.08 Å². The number of rotatable bonds is 4. The number of hydrogen-bond acceptors (Lipinski definition) is 5. The molecule has 3 aromatic rings. The number of nitrogens with one attached hydrogen (secondary N) is 2. The number of benzene rings is 1. The molecule has 0 amide bonds. The quantitative estimate of drug-likeness (QED) is 0.715. The summed E-state index contributed by atoms with van der Waals surface area (Å²) in [5.74, 6) is 1.23. The Kier molecular flexibility index (Phi) is 3.70. The van der Waals surface area contributed by atoms with Gasteiger partial charge in [0.25, 0.3) is 0 Å². The van der Waals surface area contributed by atoms with Gasteiger partial charge in [-0.25, -0.2) is 4.98 Å². The predicted molar refractivity (Wildman–Crippen MR) is 94.9 cm³/mol. The summed E-state index contributed by atoms with van der Waals surface area (Å²) < 4.78 is 10.8. The number of aromatic amines is 1. The maximum atomic E-state index is 12.2. The van der Waals surface area contributed by atoms with Crippen molar-refractivity contribution in [3.63, 3.8) is 0 Å². The molecule has 0 saturated heterocycles. The SMILES string of the molecule is COc1ccc(NC2=CC(=O)/C(=C/c3c[nH]c4ncccc34)O2)cc1. The lowest BCUT2D eigenvalue weighted by molar-refractivity contribution is -0.112. The third kappa shape index (κ3) is 2.97. The Morgan fingerprint density at radius 3 is 2.88 bits per heavy atom. The summed E-state index contributed by atoms with van der Waals surface area (Å²) in [7, 11) is 1.61. The standard InChI is InChI=1S/C19H15N3O3/c1-24-14-6-4-13(5-7-14)22-18-10-16(23)17(25-18)9-12-11-21-19-15(12)3-2-8-20-19/h2-11,22H,1H3,(H,20,21)/b17-9-. The highest BCUT2D eigenvalue weighted by Gasteiger charge is 2.21. The van der Waals surface area contributed by atoms with Crippen LogP contribution < -0.4 is 10.1 Å². The Labute approximate surface area is 143 Å². The zero-order valence-corrected chi connectivity index (χ0v) is 13.4. The maximum absolute atomic E-state index is 12.2. The van der Waals surface area contributed by atoms with Crippen LogP contribution in [-0.4, -0.2) is 22.9 Å². The fraction of sp³-hybridized carbons (Fsp3) is 0.0526. The van der Waals surface area contributed by atoms with E-state index in [1.807, 2.05) is 36.4 Å². The van der Waals surface area contributed by atoms with Crippen molar-refractivity contribution in [2.24, 2.45) is 0 Å². The number of allylic oxidation sites excluding steroid dienone is 1. The lowest BCUT2D eigenvalue weighted by atomic mass is 10.2. The molecule has 124 valence electrons. The number of ketones is 1. The number of carbonyl (C=O) groups excluding carboxylic acids is 1. The fourth-order valence-corrected chi connectivity index (χ4v) is 2.60. The molecule has 4 rings (SSSR count). The van der Waals surface area contributed by atoms with E-state index in [2.05, 4.69) is 15.3 Å². The van der Waals surface area contributed by atoms with Crippen molar-refractivity contribution in [1.29, 1.82) is 0 Å². The molecule has 1 aliphatic rings. The number of anilines is 1. The number of aromatic nitrogens is 2. The molecule has 0 radical (unpaired) electrons. The van der Waals surface area contributed by atoms with Gasteiger partial charge in [-0.3, -0.25) is 4.79 Å². The van der Waals surface area contributed by atoms with E-state index in [0.29, 0.717) is 5.88 Å². The van der Waals surface area contributed by atoms with E-state index >= 15 is 0 Å². The molecule has 1 aliphatic heterocycles. The van der Waals surface area contributed by atoms with Crippen molar-refractivity contribution in [1.82, 2.24) is 9.97 Å². The molecule has 0 fully saturated rings. The highest BCUT2D eigenvalue weighted by molar-refractivity contribution is 6.09. The zero-order chi connectivity index (χ0) is 17.2. The average molecular weight is 333 g/mol. The minimum Gasteiger partial charge on any atom is -0.497 e. The first kappa shape index (κ1) is 15.0. The van der Waals surface area contributed by atoms with Gasteiger partial charge < -0.3 is 19.8 Å². The highest BCUT2D eigenvalue weighted by atomic mass is 16.5. The largest absolute Gasteiger partial charge is 0.497 e. The lowest BCUT2D eigenvalue weighted by Crippen LogP contribution is -1.99. The van der Waals surface area contributed by atoms with Crippen LogP contribution in [0.2, 0.25) is 0 Å². The van der Waals surface area contributed by atoms with E-state index in [9.17, 15) is 4.79 Å². The molecule has 3 heterocycles. The maximum Gasteiger partial charge on any atom is 0.226 e. The van der Waals surface area contributed by atoms with Gasteiger partial charge in [0.05, 0.1) is 13.2 Å². The van der Waals surface area contributed by atoms with Gasteiger partial charge >= 0.3 is 0 Å². The third-order valence-corrected chi connectivity index (χ3v) is 3.85. The van der Waals surface area contributed by atoms with Crippen molar-refractivity contribution in [2.75, 3.05) is 12.4 Å². The Balaban J connectivity index is 1.53. The van der Waals surface area contributed by atoms with Crippen molar-refractivity contribution in [2.45, 2.75) is 0 Å². The summed E-state index contributed by atoms with van der Waals surface area (Å²) in [5.41, 5.74) is 2.42. The van der Waals surface area contributed by atoms with E-state index in [1.54, 1.807) is 25.6 Å². The van der Waals surface area contributed by atoms with Crippen molar-refractivity contribution >= 4 is 28.6 Å². The smallest absolute Gasteiger partial charge is 0.226 e. The number of hydrogen-bond donors (Lipinski definition) is 2. The van der Waals surface area contributed by atoms with E-state index in [0.717, 1.165) is 28.0 Å². The number of pyridine rings is 1. The topological polar surface area (TPSA) is 76.2 Å². The number of fused-ring (bicyclic) bond motifs is 1. The second-order valence-electron chi connectivity index (χ2n) is 5.48. The molecule has 0 bridgehead atoms. The number of ether oxygens (including phenoxy) is 2. The van der Waals surface area contributed by atoms with Gasteiger partial charge in [0.2, 0.25) is 11.7 Å². The molecule has 0 unspecified atom stereocenters. The van der Waals surface area contributed by atoms with Crippen LogP contribution in [0.25, 0.3) is 17.1 Å². The second kappa shape index (κ2) is 6.16. The van der Waals surface area contributed by atoms with Crippen LogP contribution in [-0.2, 0) is 9.53 Å².